The number of nitrogens with zero attached hydrogens (tertiary/aromatic N) is 5. The Morgan fingerprint density at radius 2 is 1.76 bits per heavy atom. The number of halogens is 1. The minimum atomic E-state index is -0.276. The number of hydrogen-bond acceptors (Lipinski definition) is 4. The van der Waals surface area contributed by atoms with Crippen LogP contribution in [0.1, 0.15) is 52.3 Å². The number of anilines is 1. The number of rotatable bonds is 5. The van der Waals surface area contributed by atoms with Gasteiger partial charge in [0, 0.05) is 24.2 Å². The van der Waals surface area contributed by atoms with Crippen molar-refractivity contribution in [3.8, 4) is 11.4 Å². The average molecular weight is 475 g/mol. The van der Waals surface area contributed by atoms with E-state index in [9.17, 15) is 4.79 Å². The Balaban J connectivity index is 1.32. The Bertz CT molecular complexity index is 1320. The zero-order valence-corrected chi connectivity index (χ0v) is 20.1. The van der Waals surface area contributed by atoms with Crippen LogP contribution >= 0.6 is 11.6 Å². The Hall–Kier alpha value is -3.45. The van der Waals surface area contributed by atoms with Crippen LogP contribution < -0.4 is 5.32 Å². The summed E-state index contributed by atoms with van der Waals surface area (Å²) in [5.74, 6) is 1.66. The van der Waals surface area contributed by atoms with Gasteiger partial charge in [0.05, 0.1) is 17.8 Å². The molecule has 2 aromatic heterocycles. The Morgan fingerprint density at radius 1 is 1.00 bits per heavy atom. The van der Waals surface area contributed by atoms with Crippen LogP contribution in [0.15, 0.2) is 48.5 Å². The van der Waals surface area contributed by atoms with Crippen molar-refractivity contribution in [1.29, 1.82) is 0 Å². The fraction of sp³-hybridized carbons (Fsp3) is 0.308. The lowest BCUT2D eigenvalue weighted by Gasteiger charge is -2.09. The SMILES string of the molecule is Cc1ccc(Cn2nc(C)c(C(=O)Nc3ccc(-c4nnc5n4CCCCC5)cc3)c2Cl)cc1. The van der Waals surface area contributed by atoms with Crippen molar-refractivity contribution in [3.63, 3.8) is 0 Å². The number of amides is 1. The van der Waals surface area contributed by atoms with Crippen molar-refractivity contribution >= 4 is 23.2 Å². The summed E-state index contributed by atoms with van der Waals surface area (Å²) in [6, 6.07) is 15.9. The Morgan fingerprint density at radius 3 is 2.53 bits per heavy atom. The molecule has 1 aliphatic rings. The maximum Gasteiger partial charge on any atom is 0.260 e. The predicted molar refractivity (Wildman–Crippen MR) is 133 cm³/mol. The Kier molecular flexibility index (Phi) is 6.20. The molecule has 1 aliphatic heterocycles. The predicted octanol–water partition coefficient (Wildman–Crippen LogP) is 5.44. The number of nitrogens with one attached hydrogen (secondary N) is 1. The van der Waals surface area contributed by atoms with Crippen molar-refractivity contribution in [2.75, 3.05) is 5.32 Å². The van der Waals surface area contributed by atoms with Gasteiger partial charge in [-0.15, -0.1) is 10.2 Å². The van der Waals surface area contributed by atoms with Crippen LogP contribution in [0.25, 0.3) is 11.4 Å². The number of aromatic nitrogens is 5. The zero-order valence-electron chi connectivity index (χ0n) is 19.4. The number of aryl methyl sites for hydroxylation is 3. The van der Waals surface area contributed by atoms with Crippen molar-refractivity contribution in [1.82, 2.24) is 24.5 Å². The number of carbonyl (C=O) groups is 1. The zero-order chi connectivity index (χ0) is 23.7. The molecule has 0 saturated heterocycles. The molecule has 0 fully saturated rings. The van der Waals surface area contributed by atoms with Crippen LogP contribution in [0.2, 0.25) is 5.15 Å². The number of hydrogen-bond donors (Lipinski definition) is 1. The van der Waals surface area contributed by atoms with Gasteiger partial charge in [-0.25, -0.2) is 4.68 Å². The minimum Gasteiger partial charge on any atom is -0.322 e. The van der Waals surface area contributed by atoms with Gasteiger partial charge in [0.2, 0.25) is 0 Å². The highest BCUT2D eigenvalue weighted by Crippen LogP contribution is 2.26. The lowest BCUT2D eigenvalue weighted by molar-refractivity contribution is 0.102. The van der Waals surface area contributed by atoms with Crippen LogP contribution in [0, 0.1) is 13.8 Å². The highest BCUT2D eigenvalue weighted by atomic mass is 35.5. The van der Waals surface area contributed by atoms with Crippen LogP contribution in [-0.4, -0.2) is 30.5 Å². The second-order valence-corrected chi connectivity index (χ2v) is 9.19. The minimum absolute atomic E-state index is 0.276. The first kappa shape index (κ1) is 22.3. The molecule has 174 valence electrons. The highest BCUT2D eigenvalue weighted by Gasteiger charge is 2.21. The van der Waals surface area contributed by atoms with E-state index in [2.05, 4.69) is 25.2 Å². The van der Waals surface area contributed by atoms with E-state index < -0.39 is 0 Å². The molecule has 1 amide bonds. The van der Waals surface area contributed by atoms with Gasteiger partial charge in [0.15, 0.2) is 5.82 Å². The molecule has 0 atom stereocenters. The number of fused-ring (bicyclic) bond motifs is 1. The summed E-state index contributed by atoms with van der Waals surface area (Å²) in [7, 11) is 0. The second kappa shape index (κ2) is 9.43. The van der Waals surface area contributed by atoms with Crippen LogP contribution in [-0.2, 0) is 19.5 Å². The third-order valence-corrected chi connectivity index (χ3v) is 6.64. The topological polar surface area (TPSA) is 77.6 Å². The molecule has 0 radical (unpaired) electrons. The molecule has 34 heavy (non-hydrogen) atoms. The normalized spacial score (nSPS) is 13.4. The molecule has 7 nitrogen and oxygen atoms in total. The summed E-state index contributed by atoms with van der Waals surface area (Å²) < 4.78 is 3.88. The summed E-state index contributed by atoms with van der Waals surface area (Å²) in [6.45, 7) is 5.29. The third-order valence-electron chi connectivity index (χ3n) is 6.26. The molecule has 3 heterocycles. The molecule has 1 N–H and O–H groups in total. The van der Waals surface area contributed by atoms with Crippen LogP contribution in [0.4, 0.5) is 5.69 Å². The monoisotopic (exact) mass is 474 g/mol. The molecule has 0 unspecified atom stereocenters. The van der Waals surface area contributed by atoms with Gasteiger partial charge in [-0.2, -0.15) is 5.10 Å². The van der Waals surface area contributed by atoms with Crippen LogP contribution in [0.3, 0.4) is 0 Å². The molecular formula is C26H27ClN6O. The van der Waals surface area contributed by atoms with E-state index in [1.165, 1.54) is 12.0 Å². The van der Waals surface area contributed by atoms with Gasteiger partial charge in [-0.1, -0.05) is 47.9 Å². The molecule has 5 rings (SSSR count). The maximum atomic E-state index is 13.0. The van der Waals surface area contributed by atoms with Crippen molar-refractivity contribution in [3.05, 3.63) is 81.9 Å². The fourth-order valence-corrected chi connectivity index (χ4v) is 4.70. The van der Waals surface area contributed by atoms with E-state index in [-0.39, 0.29) is 5.91 Å². The first-order valence-electron chi connectivity index (χ1n) is 11.6. The summed E-state index contributed by atoms with van der Waals surface area (Å²) >= 11 is 6.57. The number of carbonyl (C=O) groups excluding carboxylic acids is 1. The highest BCUT2D eigenvalue weighted by molar-refractivity contribution is 6.33. The molecule has 4 aromatic rings. The van der Waals surface area contributed by atoms with Gasteiger partial charge in [-0.05, 0) is 56.5 Å². The van der Waals surface area contributed by atoms with E-state index in [4.69, 9.17) is 11.6 Å². The summed E-state index contributed by atoms with van der Waals surface area (Å²) in [6.07, 6.45) is 4.49. The quantitative estimate of drug-likeness (QED) is 0.418. The molecule has 0 spiro atoms. The van der Waals surface area contributed by atoms with Gasteiger partial charge in [0.25, 0.3) is 5.91 Å². The fourth-order valence-electron chi connectivity index (χ4n) is 4.38. The molecular weight excluding hydrogens is 448 g/mol. The van der Waals surface area contributed by atoms with E-state index in [0.29, 0.717) is 28.6 Å². The van der Waals surface area contributed by atoms with Crippen molar-refractivity contribution < 1.29 is 4.79 Å². The molecule has 2 aromatic carbocycles. The molecule has 0 saturated carbocycles. The van der Waals surface area contributed by atoms with Crippen molar-refractivity contribution in [2.45, 2.75) is 52.6 Å². The number of benzene rings is 2. The summed E-state index contributed by atoms with van der Waals surface area (Å²) in [5, 5.41) is 16.6. The van der Waals surface area contributed by atoms with E-state index in [0.717, 1.165) is 48.6 Å². The smallest absolute Gasteiger partial charge is 0.260 e. The second-order valence-electron chi connectivity index (χ2n) is 8.83. The first-order valence-corrected chi connectivity index (χ1v) is 12.0. The summed E-state index contributed by atoms with van der Waals surface area (Å²) in [4.78, 5) is 13.0. The van der Waals surface area contributed by atoms with Crippen LogP contribution in [0.5, 0.6) is 0 Å². The first-order chi connectivity index (χ1) is 16.5. The lowest BCUT2D eigenvalue weighted by atomic mass is 10.1. The lowest BCUT2D eigenvalue weighted by Crippen LogP contribution is -2.13. The Labute approximate surface area is 203 Å². The average Bonchev–Trinajstić information content (AvgIpc) is 3.25. The van der Waals surface area contributed by atoms with Gasteiger partial charge in [0.1, 0.15) is 11.0 Å². The largest absolute Gasteiger partial charge is 0.322 e. The van der Waals surface area contributed by atoms with E-state index >= 15 is 0 Å². The van der Waals surface area contributed by atoms with E-state index in [1.807, 2.05) is 55.5 Å². The molecule has 0 aliphatic carbocycles. The standard InChI is InChI=1S/C26H27ClN6O/c1-17-7-9-19(10-8-17)16-33-24(27)23(18(2)31-33)26(34)28-21-13-11-20(12-14-21)25-30-29-22-6-4-3-5-15-32(22)25/h7-14H,3-6,15-16H2,1-2H3,(H,28,34). The third kappa shape index (κ3) is 4.48. The maximum absolute atomic E-state index is 13.0. The van der Waals surface area contributed by atoms with E-state index in [1.54, 1.807) is 11.6 Å². The van der Waals surface area contributed by atoms with Crippen molar-refractivity contribution in [2.24, 2.45) is 0 Å². The van der Waals surface area contributed by atoms with Gasteiger partial charge in [-0.3, -0.25) is 4.79 Å². The molecule has 8 heteroatoms. The van der Waals surface area contributed by atoms with Gasteiger partial charge >= 0.3 is 0 Å². The molecule has 0 bridgehead atoms. The van der Waals surface area contributed by atoms with Gasteiger partial charge < -0.3 is 9.88 Å². The summed E-state index contributed by atoms with van der Waals surface area (Å²) in [5.41, 5.74) is 4.92.